The van der Waals surface area contributed by atoms with Crippen molar-refractivity contribution in [3.05, 3.63) is 124 Å². The Labute approximate surface area is 292 Å². The van der Waals surface area contributed by atoms with Crippen molar-refractivity contribution in [1.82, 2.24) is 15.2 Å². The second-order valence-electron chi connectivity index (χ2n) is 14.4. The number of hydrogen-bond donors (Lipinski definition) is 3. The third kappa shape index (κ3) is 5.33. The molecule has 2 aromatic rings. The first-order chi connectivity index (χ1) is 24.5. The first kappa shape index (κ1) is 30.9. The van der Waals surface area contributed by atoms with Gasteiger partial charge in [0, 0.05) is 74.1 Å². The molecular weight excluding hydrogens is 628 g/mol. The average Bonchev–Trinajstić information content (AvgIpc) is 3.35. The molecule has 5 heterocycles. The third-order valence-electron chi connectivity index (χ3n) is 11.3. The fourth-order valence-corrected chi connectivity index (χ4v) is 8.45. The fraction of sp³-hybridized carbons (Fsp3) is 0.375. The molecule has 4 aliphatic heterocycles. The molecule has 2 unspecified atom stereocenters. The summed E-state index contributed by atoms with van der Waals surface area (Å²) >= 11 is 0. The van der Waals surface area contributed by atoms with E-state index in [4.69, 9.17) is 15.2 Å². The number of allylic oxidation sites excluding steroid dienone is 4. The van der Waals surface area contributed by atoms with Crippen LogP contribution in [-0.4, -0.2) is 66.7 Å². The summed E-state index contributed by atoms with van der Waals surface area (Å²) in [5.41, 5.74) is 15.0. The van der Waals surface area contributed by atoms with Crippen molar-refractivity contribution in [2.24, 2.45) is 11.1 Å². The molecule has 1 spiro atoms. The van der Waals surface area contributed by atoms with Crippen LogP contribution in [0.5, 0.6) is 0 Å². The maximum Gasteiger partial charge on any atom is 0.259 e. The maximum atomic E-state index is 14.1. The van der Waals surface area contributed by atoms with E-state index < -0.39 is 0 Å². The van der Waals surface area contributed by atoms with E-state index in [1.54, 1.807) is 36.5 Å². The minimum absolute atomic E-state index is 0.0728. The van der Waals surface area contributed by atoms with Gasteiger partial charge in [-0.1, -0.05) is 30.4 Å². The Hall–Kier alpha value is -5.09. The van der Waals surface area contributed by atoms with Gasteiger partial charge in [-0.15, -0.1) is 0 Å². The van der Waals surface area contributed by atoms with E-state index in [1.807, 2.05) is 11.0 Å². The normalized spacial score (nSPS) is 24.8. The molecule has 9 rings (SSSR count). The molecule has 1 aromatic heterocycles. The number of carbonyl (C=O) groups excluding carboxylic acids is 2. The molecule has 3 aliphatic carbocycles. The van der Waals surface area contributed by atoms with Crippen LogP contribution in [0.2, 0.25) is 0 Å². The van der Waals surface area contributed by atoms with Gasteiger partial charge in [0.25, 0.3) is 11.8 Å². The van der Waals surface area contributed by atoms with Gasteiger partial charge in [-0.05, 0) is 79.6 Å². The van der Waals surface area contributed by atoms with E-state index in [-0.39, 0.29) is 23.3 Å². The Bertz CT molecular complexity index is 1940. The number of nitrogens with zero attached hydrogens (tertiary/aromatic N) is 3. The molecule has 0 bridgehead atoms. The summed E-state index contributed by atoms with van der Waals surface area (Å²) in [5.74, 6) is 1.07. The number of rotatable bonds is 6. The van der Waals surface area contributed by atoms with E-state index >= 15 is 0 Å². The number of benzene rings is 1. The maximum absolute atomic E-state index is 14.1. The molecule has 2 atom stereocenters. The first-order valence-corrected chi connectivity index (χ1v) is 17.9. The van der Waals surface area contributed by atoms with Gasteiger partial charge in [0.2, 0.25) is 0 Å². The molecule has 2 amide bonds. The molecule has 10 nitrogen and oxygen atoms in total. The molecule has 1 aromatic carbocycles. The molecule has 7 aliphatic rings. The molecule has 4 N–H and O–H groups in total. The Morgan fingerprint density at radius 2 is 1.90 bits per heavy atom. The molecule has 2 fully saturated rings. The lowest BCUT2D eigenvalue weighted by Crippen LogP contribution is -2.59. The molecule has 0 saturated carbocycles. The zero-order valence-corrected chi connectivity index (χ0v) is 28.1. The number of ether oxygens (including phenoxy) is 2. The van der Waals surface area contributed by atoms with Crippen molar-refractivity contribution in [3.8, 4) is 0 Å². The highest BCUT2D eigenvalue weighted by molar-refractivity contribution is 6.08. The van der Waals surface area contributed by atoms with Crippen LogP contribution in [0, 0.1) is 5.41 Å². The number of fused-ring (bicyclic) bond motifs is 3. The first-order valence-electron chi connectivity index (χ1n) is 17.9. The summed E-state index contributed by atoms with van der Waals surface area (Å²) in [6.45, 7) is 3.81. The largest absolute Gasteiger partial charge is 0.481 e. The number of nitrogens with one attached hydrogen (secondary N) is 2. The van der Waals surface area contributed by atoms with Crippen molar-refractivity contribution in [2.45, 2.75) is 57.1 Å². The molecule has 50 heavy (non-hydrogen) atoms. The van der Waals surface area contributed by atoms with Gasteiger partial charge < -0.3 is 35.6 Å². The average molecular weight is 671 g/mol. The van der Waals surface area contributed by atoms with Gasteiger partial charge in [-0.25, -0.2) is 4.98 Å². The monoisotopic (exact) mass is 670 g/mol. The van der Waals surface area contributed by atoms with E-state index in [9.17, 15) is 9.59 Å². The van der Waals surface area contributed by atoms with Crippen LogP contribution in [0.3, 0.4) is 0 Å². The van der Waals surface area contributed by atoms with Crippen LogP contribution in [0.4, 0.5) is 11.5 Å². The van der Waals surface area contributed by atoms with Crippen molar-refractivity contribution in [3.63, 3.8) is 0 Å². The zero-order chi connectivity index (χ0) is 33.8. The van der Waals surface area contributed by atoms with Crippen LogP contribution in [0.25, 0.3) is 0 Å². The van der Waals surface area contributed by atoms with E-state index in [0.29, 0.717) is 53.1 Å². The summed E-state index contributed by atoms with van der Waals surface area (Å²) in [5, 5.41) is 6.69. The van der Waals surface area contributed by atoms with Gasteiger partial charge >= 0.3 is 0 Å². The van der Waals surface area contributed by atoms with Crippen LogP contribution in [0.1, 0.15) is 65.7 Å². The standard InChI is InChI=1S/C40H42N6O4/c41-31-15-19-46(33-10-4-2-7-28(33)36(31)50-34-22-30-27-6-1-3-9-32(27)44-35(30)34)39(48)25-11-13-26(14-12-25)43-38(47)29-8-5-18-42-37(29)45-23-40(24-45)16-20-49-21-17-40/h1,3,5-8,10-14,18,32,34,44H,2,4,9,15-17,19-24,41H2,(H,43,47). The summed E-state index contributed by atoms with van der Waals surface area (Å²) < 4.78 is 12.2. The molecule has 256 valence electrons. The number of nitrogens with two attached hydrogens (primary N) is 1. The van der Waals surface area contributed by atoms with Gasteiger partial charge in [0.15, 0.2) is 0 Å². The Morgan fingerprint density at radius 3 is 2.74 bits per heavy atom. The summed E-state index contributed by atoms with van der Waals surface area (Å²) in [6.07, 6.45) is 18.6. The SMILES string of the molecule is NC1=C(OC2CC3=C2NC2CC=CC=C32)C2=CCCC=C2N(C(=O)c2ccc(NC(=O)c3cccnc3N3CC4(CCOCC4)C3)cc2)CC1. The molecule has 2 saturated heterocycles. The lowest BCUT2D eigenvalue weighted by Gasteiger charge is -2.53. The molecule has 0 radical (unpaired) electrons. The smallest absolute Gasteiger partial charge is 0.259 e. The highest BCUT2D eigenvalue weighted by Gasteiger charge is 2.46. The van der Waals surface area contributed by atoms with Crippen molar-refractivity contribution in [1.29, 1.82) is 0 Å². The lowest BCUT2D eigenvalue weighted by atomic mass is 9.73. The summed E-state index contributed by atoms with van der Waals surface area (Å²) in [6, 6.07) is 11.1. The van der Waals surface area contributed by atoms with Gasteiger partial charge in [0.05, 0.1) is 28.7 Å². The Morgan fingerprint density at radius 1 is 1.08 bits per heavy atom. The number of amides is 2. The van der Waals surface area contributed by atoms with Crippen LogP contribution in [-0.2, 0) is 9.47 Å². The van der Waals surface area contributed by atoms with Gasteiger partial charge in [-0.3, -0.25) is 9.59 Å². The highest BCUT2D eigenvalue weighted by Crippen LogP contribution is 2.46. The van der Waals surface area contributed by atoms with E-state index in [1.165, 1.54) is 16.8 Å². The lowest BCUT2D eigenvalue weighted by molar-refractivity contribution is -0.000509. The van der Waals surface area contributed by atoms with Crippen LogP contribution < -0.4 is 21.3 Å². The van der Waals surface area contributed by atoms with Crippen molar-refractivity contribution in [2.75, 3.05) is 43.1 Å². The van der Waals surface area contributed by atoms with Crippen molar-refractivity contribution < 1.29 is 19.1 Å². The number of aromatic nitrogens is 1. The minimum Gasteiger partial charge on any atom is -0.481 e. The zero-order valence-electron chi connectivity index (χ0n) is 28.1. The quantitative estimate of drug-likeness (QED) is 0.370. The minimum atomic E-state index is -0.224. The van der Waals surface area contributed by atoms with E-state index in [2.05, 4.69) is 50.9 Å². The van der Waals surface area contributed by atoms with Gasteiger partial charge in [-0.2, -0.15) is 0 Å². The Balaban J connectivity index is 0.873. The predicted octanol–water partition coefficient (Wildman–Crippen LogP) is 5.47. The summed E-state index contributed by atoms with van der Waals surface area (Å²) in [7, 11) is 0. The molecular formula is C40H42N6O4. The highest BCUT2D eigenvalue weighted by atomic mass is 16.5. The fourth-order valence-electron chi connectivity index (χ4n) is 8.45. The number of carbonyl (C=O) groups is 2. The van der Waals surface area contributed by atoms with Crippen LogP contribution >= 0.6 is 0 Å². The second-order valence-corrected chi connectivity index (χ2v) is 14.4. The topological polar surface area (TPSA) is 122 Å². The predicted molar refractivity (Wildman–Crippen MR) is 191 cm³/mol. The molecule has 10 heteroatoms. The van der Waals surface area contributed by atoms with Crippen LogP contribution in [0.15, 0.2) is 113 Å². The van der Waals surface area contributed by atoms with E-state index in [0.717, 1.165) is 76.1 Å². The number of anilines is 2. The van der Waals surface area contributed by atoms with Crippen molar-refractivity contribution >= 4 is 23.3 Å². The van der Waals surface area contributed by atoms with Gasteiger partial charge in [0.1, 0.15) is 17.7 Å². The third-order valence-corrected chi connectivity index (χ3v) is 11.3. The Kier molecular flexibility index (Phi) is 7.64. The summed E-state index contributed by atoms with van der Waals surface area (Å²) in [4.78, 5) is 36.1. The number of pyridine rings is 1. The second kappa shape index (κ2) is 12.4. The number of hydrogen-bond acceptors (Lipinski definition) is 8.